The maximum atomic E-state index is 10.7. The molecule has 1 heterocycles. The second kappa shape index (κ2) is 2.61. The lowest BCUT2D eigenvalue weighted by Gasteiger charge is -1.85. The van der Waals surface area contributed by atoms with E-state index in [4.69, 9.17) is 0 Å². The third kappa shape index (κ3) is 1.62. The molecular weight excluding hydrogens is 251 g/mol. The van der Waals surface area contributed by atoms with Crippen molar-refractivity contribution >= 4 is 34.8 Å². The SMILES string of the molecule is O=c1[nH]c(=S)[nH]cc1I. The van der Waals surface area contributed by atoms with E-state index in [0.717, 1.165) is 0 Å². The Balaban J connectivity index is 3.52. The van der Waals surface area contributed by atoms with Crippen molar-refractivity contribution in [3.05, 3.63) is 24.9 Å². The molecule has 0 fully saturated rings. The predicted molar refractivity (Wildman–Crippen MR) is 45.0 cm³/mol. The first-order chi connectivity index (χ1) is 4.20. The van der Waals surface area contributed by atoms with Gasteiger partial charge in [-0.15, -0.1) is 0 Å². The van der Waals surface area contributed by atoms with Crippen LogP contribution in [0.15, 0.2) is 11.0 Å². The largest absolute Gasteiger partial charge is 0.338 e. The molecule has 0 radical (unpaired) electrons. The summed E-state index contributed by atoms with van der Waals surface area (Å²) in [7, 11) is 0. The predicted octanol–water partition coefficient (Wildman–Crippen LogP) is 1.04. The fraction of sp³-hybridized carbons (Fsp3) is 0. The van der Waals surface area contributed by atoms with Gasteiger partial charge < -0.3 is 4.98 Å². The smallest absolute Gasteiger partial charge is 0.265 e. The molecule has 0 bridgehead atoms. The molecule has 0 aliphatic heterocycles. The van der Waals surface area contributed by atoms with Gasteiger partial charge in [0.25, 0.3) is 5.56 Å². The molecule has 0 saturated carbocycles. The Kier molecular flexibility index (Phi) is 2.01. The van der Waals surface area contributed by atoms with Gasteiger partial charge in [-0.3, -0.25) is 9.78 Å². The van der Waals surface area contributed by atoms with Crippen molar-refractivity contribution in [3.63, 3.8) is 0 Å². The molecule has 0 unspecified atom stereocenters. The van der Waals surface area contributed by atoms with Crippen LogP contribution in [0, 0.1) is 8.34 Å². The zero-order valence-corrected chi connectivity index (χ0v) is 7.25. The number of hydrogen-bond donors (Lipinski definition) is 2. The Morgan fingerprint density at radius 1 is 1.67 bits per heavy atom. The lowest BCUT2D eigenvalue weighted by atomic mass is 10.7. The average Bonchev–Trinajstić information content (AvgIpc) is 1.80. The summed E-state index contributed by atoms with van der Waals surface area (Å²) < 4.78 is 0.974. The lowest BCUT2D eigenvalue weighted by molar-refractivity contribution is 1.07. The van der Waals surface area contributed by atoms with Crippen LogP contribution in [0.25, 0.3) is 0 Å². The second-order valence-corrected chi connectivity index (χ2v) is 2.99. The normalized spacial score (nSPS) is 9.44. The fourth-order valence-electron chi connectivity index (χ4n) is 0.393. The van der Waals surface area contributed by atoms with Gasteiger partial charge in [0.05, 0.1) is 3.57 Å². The van der Waals surface area contributed by atoms with Crippen LogP contribution in [-0.2, 0) is 0 Å². The van der Waals surface area contributed by atoms with E-state index in [2.05, 4.69) is 22.2 Å². The monoisotopic (exact) mass is 254 g/mol. The van der Waals surface area contributed by atoms with Crippen LogP contribution in [0.5, 0.6) is 0 Å². The van der Waals surface area contributed by atoms with Crippen LogP contribution < -0.4 is 5.56 Å². The highest BCUT2D eigenvalue weighted by Gasteiger charge is 1.89. The first-order valence-electron chi connectivity index (χ1n) is 2.17. The minimum atomic E-state index is -0.139. The molecule has 1 rings (SSSR count). The van der Waals surface area contributed by atoms with Crippen molar-refractivity contribution < 1.29 is 0 Å². The molecule has 2 N–H and O–H groups in total. The average molecular weight is 254 g/mol. The van der Waals surface area contributed by atoms with Gasteiger partial charge in [0.2, 0.25) is 0 Å². The van der Waals surface area contributed by atoms with E-state index < -0.39 is 0 Å². The van der Waals surface area contributed by atoms with Crippen LogP contribution in [-0.4, -0.2) is 9.97 Å². The number of rotatable bonds is 0. The number of H-pyrrole nitrogens is 2. The van der Waals surface area contributed by atoms with Gasteiger partial charge in [-0.25, -0.2) is 0 Å². The highest BCUT2D eigenvalue weighted by atomic mass is 127. The van der Waals surface area contributed by atoms with Gasteiger partial charge in [0.15, 0.2) is 4.77 Å². The van der Waals surface area contributed by atoms with Gasteiger partial charge in [0, 0.05) is 6.20 Å². The van der Waals surface area contributed by atoms with Crippen LogP contribution in [0.4, 0.5) is 0 Å². The minimum Gasteiger partial charge on any atom is -0.338 e. The molecule has 1 aromatic rings. The van der Waals surface area contributed by atoms with Gasteiger partial charge in [0.1, 0.15) is 0 Å². The topological polar surface area (TPSA) is 48.6 Å². The van der Waals surface area contributed by atoms with E-state index in [9.17, 15) is 4.79 Å². The van der Waals surface area contributed by atoms with Gasteiger partial charge >= 0.3 is 0 Å². The summed E-state index contributed by atoms with van der Waals surface area (Å²) in [6.07, 6.45) is 1.57. The minimum absolute atomic E-state index is 0.139. The van der Waals surface area contributed by atoms with Crippen LogP contribution in [0.2, 0.25) is 0 Å². The van der Waals surface area contributed by atoms with Crippen molar-refractivity contribution in [3.8, 4) is 0 Å². The number of nitrogens with one attached hydrogen (secondary N) is 2. The van der Waals surface area contributed by atoms with Gasteiger partial charge in [-0.1, -0.05) is 0 Å². The van der Waals surface area contributed by atoms with E-state index in [1.807, 2.05) is 22.6 Å². The zero-order chi connectivity index (χ0) is 6.85. The third-order valence-corrected chi connectivity index (χ3v) is 1.80. The first kappa shape index (κ1) is 6.94. The summed E-state index contributed by atoms with van der Waals surface area (Å²) in [5, 5.41) is 0. The Labute approximate surface area is 69.7 Å². The summed E-state index contributed by atoms with van der Waals surface area (Å²) in [6.45, 7) is 0. The van der Waals surface area contributed by atoms with Crippen molar-refractivity contribution in [1.29, 1.82) is 0 Å². The molecule has 0 spiro atoms. The maximum absolute atomic E-state index is 10.7. The molecule has 48 valence electrons. The van der Waals surface area contributed by atoms with E-state index in [1.54, 1.807) is 6.20 Å². The maximum Gasteiger partial charge on any atom is 0.265 e. The Morgan fingerprint density at radius 3 is 2.78 bits per heavy atom. The third-order valence-electron chi connectivity index (χ3n) is 0.774. The molecule has 0 aromatic carbocycles. The van der Waals surface area contributed by atoms with Crippen LogP contribution in [0.1, 0.15) is 0 Å². The molecule has 0 aliphatic rings. The molecule has 0 aliphatic carbocycles. The van der Waals surface area contributed by atoms with Crippen LogP contribution in [0.3, 0.4) is 0 Å². The first-order valence-corrected chi connectivity index (χ1v) is 3.66. The highest BCUT2D eigenvalue weighted by Crippen LogP contribution is 1.90. The van der Waals surface area contributed by atoms with Crippen molar-refractivity contribution in [2.75, 3.05) is 0 Å². The Morgan fingerprint density at radius 2 is 2.33 bits per heavy atom. The van der Waals surface area contributed by atoms with Gasteiger partial charge in [-0.2, -0.15) is 0 Å². The van der Waals surface area contributed by atoms with Crippen molar-refractivity contribution in [2.45, 2.75) is 0 Å². The van der Waals surface area contributed by atoms with E-state index >= 15 is 0 Å². The lowest BCUT2D eigenvalue weighted by Crippen LogP contribution is -2.09. The molecule has 3 nitrogen and oxygen atoms in total. The molecular formula is C4H3IN2OS. The molecule has 9 heavy (non-hydrogen) atoms. The summed E-state index contributed by atoms with van der Waals surface area (Å²) in [5.74, 6) is 0. The summed E-state index contributed by atoms with van der Waals surface area (Å²) in [6, 6.07) is 0. The fourth-order valence-corrected chi connectivity index (χ4v) is 0.836. The molecule has 0 amide bonds. The number of hydrogen-bond acceptors (Lipinski definition) is 2. The number of halogens is 1. The molecule has 5 heteroatoms. The molecule has 0 saturated heterocycles. The summed E-state index contributed by atoms with van der Waals surface area (Å²) in [4.78, 5) is 15.8. The standard InChI is InChI=1S/C4H3IN2OS/c5-2-1-6-4(9)7-3(2)8/h1H,(H2,6,7,8,9). The second-order valence-electron chi connectivity index (χ2n) is 1.42. The van der Waals surface area contributed by atoms with Crippen molar-refractivity contribution in [1.82, 2.24) is 9.97 Å². The Hall–Kier alpha value is -0.170. The highest BCUT2D eigenvalue weighted by molar-refractivity contribution is 14.1. The number of aromatic amines is 2. The number of aromatic nitrogens is 2. The summed E-state index contributed by atoms with van der Waals surface area (Å²) in [5.41, 5.74) is -0.139. The molecule has 0 atom stereocenters. The summed E-state index contributed by atoms with van der Waals surface area (Å²) >= 11 is 6.56. The Bertz CT molecular complexity index is 315. The zero-order valence-electron chi connectivity index (χ0n) is 4.27. The van der Waals surface area contributed by atoms with Crippen molar-refractivity contribution in [2.24, 2.45) is 0 Å². The van der Waals surface area contributed by atoms with E-state index in [1.165, 1.54) is 0 Å². The van der Waals surface area contributed by atoms with E-state index in [0.29, 0.717) is 8.34 Å². The molecule has 1 aromatic heterocycles. The van der Waals surface area contributed by atoms with Gasteiger partial charge in [-0.05, 0) is 34.8 Å². The van der Waals surface area contributed by atoms with E-state index in [-0.39, 0.29) is 5.56 Å². The van der Waals surface area contributed by atoms with Crippen LogP contribution >= 0.6 is 34.8 Å². The quantitative estimate of drug-likeness (QED) is 0.536.